The molecule has 1 aromatic rings. The van der Waals surface area contributed by atoms with E-state index in [4.69, 9.17) is 8.92 Å². The maximum atomic E-state index is 12.0. The zero-order chi connectivity index (χ0) is 17.7. The second-order valence-electron chi connectivity index (χ2n) is 6.29. The van der Waals surface area contributed by atoms with Gasteiger partial charge in [0.25, 0.3) is 10.1 Å². The lowest BCUT2D eigenvalue weighted by molar-refractivity contribution is 0.0444. The first-order valence-corrected chi connectivity index (χ1v) is 9.26. The molecule has 0 spiro atoms. The summed E-state index contributed by atoms with van der Waals surface area (Å²) in [6.45, 7) is 7.11. The Hall–Kier alpha value is -1.60. The van der Waals surface area contributed by atoms with Crippen LogP contribution in [-0.4, -0.2) is 32.4 Å². The standard InChI is InChI=1S/C16H25NO5S/c1-6-13(17-15(18)21-16(2,3)4)14(22-23(5,19)20)12-10-8-7-9-11-12/h7-11,13-14H,6H2,1-5H3,(H,17,18). The molecule has 7 heteroatoms. The van der Waals surface area contributed by atoms with Crippen molar-refractivity contribution in [1.29, 1.82) is 0 Å². The Labute approximate surface area is 138 Å². The average molecular weight is 343 g/mol. The first kappa shape index (κ1) is 19.4. The number of benzene rings is 1. The Balaban J connectivity index is 3.00. The van der Waals surface area contributed by atoms with Crippen LogP contribution in [0.5, 0.6) is 0 Å². The number of ether oxygens (including phenoxy) is 1. The second-order valence-corrected chi connectivity index (χ2v) is 7.89. The molecule has 2 atom stereocenters. The molecule has 0 aliphatic rings. The van der Waals surface area contributed by atoms with Crippen LogP contribution in [0.4, 0.5) is 4.79 Å². The fourth-order valence-electron chi connectivity index (χ4n) is 2.04. The summed E-state index contributed by atoms with van der Waals surface area (Å²) >= 11 is 0. The maximum Gasteiger partial charge on any atom is 0.407 e. The van der Waals surface area contributed by atoms with Gasteiger partial charge in [0.05, 0.1) is 12.3 Å². The van der Waals surface area contributed by atoms with Gasteiger partial charge < -0.3 is 10.1 Å². The van der Waals surface area contributed by atoms with Gasteiger partial charge in [0.15, 0.2) is 0 Å². The third-order valence-corrected chi connectivity index (χ3v) is 3.47. The summed E-state index contributed by atoms with van der Waals surface area (Å²) in [4.78, 5) is 12.0. The molecule has 2 unspecified atom stereocenters. The molecule has 1 amide bonds. The lowest BCUT2D eigenvalue weighted by Crippen LogP contribution is -2.43. The summed E-state index contributed by atoms with van der Waals surface area (Å²) in [5.41, 5.74) is 0.0308. The van der Waals surface area contributed by atoms with Crippen molar-refractivity contribution in [3.8, 4) is 0 Å². The van der Waals surface area contributed by atoms with Crippen molar-refractivity contribution in [2.45, 2.75) is 51.9 Å². The highest BCUT2D eigenvalue weighted by atomic mass is 32.2. The molecule has 1 aromatic carbocycles. The molecule has 0 aromatic heterocycles. The summed E-state index contributed by atoms with van der Waals surface area (Å²) < 4.78 is 33.6. The minimum Gasteiger partial charge on any atom is -0.444 e. The van der Waals surface area contributed by atoms with Crippen LogP contribution in [0.15, 0.2) is 30.3 Å². The second kappa shape index (κ2) is 7.79. The van der Waals surface area contributed by atoms with Gasteiger partial charge in [-0.3, -0.25) is 4.18 Å². The van der Waals surface area contributed by atoms with E-state index in [0.29, 0.717) is 12.0 Å². The summed E-state index contributed by atoms with van der Waals surface area (Å²) in [5, 5.41) is 2.69. The number of hydrogen-bond donors (Lipinski definition) is 1. The van der Waals surface area contributed by atoms with Crippen molar-refractivity contribution in [3.05, 3.63) is 35.9 Å². The highest BCUT2D eigenvalue weighted by molar-refractivity contribution is 7.86. The lowest BCUT2D eigenvalue weighted by atomic mass is 10.0. The molecule has 0 saturated heterocycles. The molecule has 0 bridgehead atoms. The number of amides is 1. The smallest absolute Gasteiger partial charge is 0.407 e. The van der Waals surface area contributed by atoms with Crippen LogP contribution >= 0.6 is 0 Å². The highest BCUT2D eigenvalue weighted by Crippen LogP contribution is 2.25. The van der Waals surface area contributed by atoms with E-state index in [1.54, 1.807) is 45.0 Å². The lowest BCUT2D eigenvalue weighted by Gasteiger charge is -2.28. The molecule has 0 saturated carbocycles. The van der Waals surface area contributed by atoms with Crippen LogP contribution in [0.3, 0.4) is 0 Å². The molecule has 0 fully saturated rings. The molecule has 1 N–H and O–H groups in total. The predicted octanol–water partition coefficient (Wildman–Crippen LogP) is 3.01. The van der Waals surface area contributed by atoms with Crippen LogP contribution in [0.25, 0.3) is 0 Å². The number of carbonyl (C=O) groups excluding carboxylic acids is 1. The third kappa shape index (κ3) is 7.47. The molecule has 0 heterocycles. The van der Waals surface area contributed by atoms with Gasteiger partial charge in [0.2, 0.25) is 0 Å². The van der Waals surface area contributed by atoms with Crippen LogP contribution in [0.2, 0.25) is 0 Å². The van der Waals surface area contributed by atoms with E-state index in [0.717, 1.165) is 6.26 Å². The molecule has 130 valence electrons. The minimum absolute atomic E-state index is 0.480. The zero-order valence-corrected chi connectivity index (χ0v) is 15.0. The fourth-order valence-corrected chi connectivity index (χ4v) is 2.66. The number of nitrogens with one attached hydrogen (secondary N) is 1. The van der Waals surface area contributed by atoms with E-state index in [1.165, 1.54) is 0 Å². The quantitative estimate of drug-likeness (QED) is 0.803. The largest absolute Gasteiger partial charge is 0.444 e. The van der Waals surface area contributed by atoms with E-state index < -0.39 is 34.0 Å². The summed E-state index contributed by atoms with van der Waals surface area (Å²) in [7, 11) is -3.69. The van der Waals surface area contributed by atoms with Crippen molar-refractivity contribution in [2.24, 2.45) is 0 Å². The molecule has 0 aliphatic heterocycles. The van der Waals surface area contributed by atoms with Crippen molar-refractivity contribution in [2.75, 3.05) is 6.26 Å². The van der Waals surface area contributed by atoms with Gasteiger partial charge in [-0.05, 0) is 32.8 Å². The van der Waals surface area contributed by atoms with Gasteiger partial charge in [-0.25, -0.2) is 4.79 Å². The monoisotopic (exact) mass is 343 g/mol. The normalized spacial score (nSPS) is 14.8. The average Bonchev–Trinajstić information content (AvgIpc) is 2.40. The number of hydrogen-bond acceptors (Lipinski definition) is 5. The van der Waals surface area contributed by atoms with E-state index in [-0.39, 0.29) is 0 Å². The summed E-state index contributed by atoms with van der Waals surface area (Å²) in [6.07, 6.45) is 0.0448. The molecule has 0 radical (unpaired) electrons. The predicted molar refractivity (Wildman–Crippen MR) is 88.6 cm³/mol. The first-order chi connectivity index (χ1) is 10.5. The van der Waals surface area contributed by atoms with Gasteiger partial charge in [0, 0.05) is 0 Å². The van der Waals surface area contributed by atoms with Gasteiger partial charge in [-0.2, -0.15) is 8.42 Å². The summed E-state index contributed by atoms with van der Waals surface area (Å²) in [5.74, 6) is 0. The minimum atomic E-state index is -3.69. The van der Waals surface area contributed by atoms with Crippen LogP contribution in [0, 0.1) is 0 Å². The van der Waals surface area contributed by atoms with E-state index in [1.807, 2.05) is 13.0 Å². The Morgan fingerprint density at radius 2 is 1.78 bits per heavy atom. The molecular formula is C16H25NO5S. The van der Waals surface area contributed by atoms with Crippen molar-refractivity contribution in [3.63, 3.8) is 0 Å². The molecule has 1 rings (SSSR count). The third-order valence-electron chi connectivity index (χ3n) is 2.91. The Morgan fingerprint density at radius 3 is 2.22 bits per heavy atom. The van der Waals surface area contributed by atoms with Crippen molar-refractivity contribution in [1.82, 2.24) is 5.32 Å². The maximum absolute atomic E-state index is 12.0. The molecule has 0 aliphatic carbocycles. The van der Waals surface area contributed by atoms with Crippen LogP contribution in [-0.2, 0) is 19.0 Å². The van der Waals surface area contributed by atoms with Crippen molar-refractivity contribution >= 4 is 16.2 Å². The SMILES string of the molecule is CCC(NC(=O)OC(C)(C)C)C(OS(C)(=O)=O)c1ccccc1. The number of alkyl carbamates (subject to hydrolysis) is 1. The van der Waals surface area contributed by atoms with Gasteiger partial charge >= 0.3 is 6.09 Å². The Bertz CT molecular complexity index is 607. The zero-order valence-electron chi connectivity index (χ0n) is 14.2. The van der Waals surface area contributed by atoms with Crippen LogP contribution in [0.1, 0.15) is 45.8 Å². The van der Waals surface area contributed by atoms with Crippen LogP contribution < -0.4 is 5.32 Å². The number of carbonyl (C=O) groups is 1. The summed E-state index contributed by atoms with van der Waals surface area (Å²) in [6, 6.07) is 8.37. The van der Waals surface area contributed by atoms with Crippen molar-refractivity contribution < 1.29 is 22.1 Å². The fraction of sp³-hybridized carbons (Fsp3) is 0.562. The Kier molecular flexibility index (Phi) is 6.58. The topological polar surface area (TPSA) is 81.7 Å². The van der Waals surface area contributed by atoms with E-state index in [9.17, 15) is 13.2 Å². The molecule has 23 heavy (non-hydrogen) atoms. The number of rotatable bonds is 6. The van der Waals surface area contributed by atoms with Gasteiger partial charge in [-0.1, -0.05) is 37.3 Å². The first-order valence-electron chi connectivity index (χ1n) is 7.44. The van der Waals surface area contributed by atoms with E-state index >= 15 is 0 Å². The molecular weight excluding hydrogens is 318 g/mol. The highest BCUT2D eigenvalue weighted by Gasteiger charge is 2.29. The molecule has 6 nitrogen and oxygen atoms in total. The Morgan fingerprint density at radius 1 is 1.22 bits per heavy atom. The van der Waals surface area contributed by atoms with E-state index in [2.05, 4.69) is 5.32 Å². The van der Waals surface area contributed by atoms with Gasteiger partial charge in [0.1, 0.15) is 11.7 Å². The van der Waals surface area contributed by atoms with Gasteiger partial charge in [-0.15, -0.1) is 0 Å².